The predicted octanol–water partition coefficient (Wildman–Crippen LogP) is 4.91. The minimum Gasteiger partial charge on any atom is -0.494 e. The van der Waals surface area contributed by atoms with Crippen molar-refractivity contribution in [3.63, 3.8) is 0 Å². The van der Waals surface area contributed by atoms with E-state index in [1.165, 1.54) is 23.1 Å². The third-order valence-electron chi connectivity index (χ3n) is 6.40. The van der Waals surface area contributed by atoms with Crippen LogP contribution in [0.15, 0.2) is 42.5 Å². The lowest BCUT2D eigenvalue weighted by atomic mass is 10.0. The molecule has 1 aliphatic rings. The molecule has 204 valence electrons. The van der Waals surface area contributed by atoms with E-state index in [-0.39, 0.29) is 24.9 Å². The monoisotopic (exact) mass is 534 g/mol. The van der Waals surface area contributed by atoms with E-state index in [1.807, 2.05) is 13.8 Å². The van der Waals surface area contributed by atoms with Crippen molar-refractivity contribution < 1.29 is 28.2 Å². The fourth-order valence-corrected chi connectivity index (χ4v) is 4.41. The van der Waals surface area contributed by atoms with Gasteiger partial charge >= 0.3 is 6.09 Å². The van der Waals surface area contributed by atoms with Crippen LogP contribution in [0.4, 0.5) is 14.9 Å². The van der Waals surface area contributed by atoms with Crippen molar-refractivity contribution in [1.29, 1.82) is 0 Å². The highest BCUT2D eigenvalue weighted by Crippen LogP contribution is 2.34. The molecule has 10 heteroatoms. The molecule has 0 radical (unpaired) electrons. The Morgan fingerprint density at radius 2 is 1.79 bits per heavy atom. The van der Waals surface area contributed by atoms with Gasteiger partial charge in [-0.05, 0) is 81.8 Å². The maximum absolute atomic E-state index is 13.8. The number of carbonyl (C=O) groups excluding carboxylic acids is 3. The number of hydrogen-bond donors (Lipinski definition) is 3. The number of anilines is 1. The first kappa shape index (κ1) is 27.4. The topological polar surface area (TPSA) is 113 Å². The van der Waals surface area contributed by atoms with E-state index in [0.29, 0.717) is 64.0 Å². The Morgan fingerprint density at radius 1 is 1.08 bits per heavy atom. The van der Waals surface area contributed by atoms with Gasteiger partial charge in [-0.25, -0.2) is 9.18 Å². The van der Waals surface area contributed by atoms with Gasteiger partial charge in [0.1, 0.15) is 17.3 Å². The first-order chi connectivity index (χ1) is 18.7. The molecule has 1 aliphatic heterocycles. The first-order valence-corrected chi connectivity index (χ1v) is 12.7. The highest BCUT2D eigenvalue weighted by atomic mass is 19.1. The van der Waals surface area contributed by atoms with Crippen LogP contribution >= 0.6 is 0 Å². The number of halogens is 1. The van der Waals surface area contributed by atoms with Crippen molar-refractivity contribution in [2.75, 3.05) is 31.6 Å². The Morgan fingerprint density at radius 3 is 2.49 bits per heavy atom. The summed E-state index contributed by atoms with van der Waals surface area (Å²) in [6, 6.07) is 10.9. The second-order valence-electron chi connectivity index (χ2n) is 8.97. The molecule has 0 saturated heterocycles. The summed E-state index contributed by atoms with van der Waals surface area (Å²) < 4.78 is 24.6. The van der Waals surface area contributed by atoms with Gasteiger partial charge in [-0.3, -0.25) is 9.59 Å². The maximum atomic E-state index is 13.8. The smallest absolute Gasteiger partial charge is 0.415 e. The first-order valence-electron chi connectivity index (χ1n) is 12.7. The Balaban J connectivity index is 1.39. The Bertz CT molecular complexity index is 1430. The van der Waals surface area contributed by atoms with E-state index < -0.39 is 11.9 Å². The molecule has 0 spiro atoms. The second-order valence-corrected chi connectivity index (χ2v) is 8.97. The van der Waals surface area contributed by atoms with Crippen LogP contribution in [0, 0.1) is 19.7 Å². The zero-order chi connectivity index (χ0) is 28.1. The molecular weight excluding hydrogens is 503 g/mol. The molecule has 3 N–H and O–H groups in total. The van der Waals surface area contributed by atoms with Crippen molar-refractivity contribution in [2.24, 2.45) is 0 Å². The molecule has 1 aromatic heterocycles. The number of aromatic amines is 1. The summed E-state index contributed by atoms with van der Waals surface area (Å²) in [6.07, 6.45) is 1.10. The fraction of sp³-hybridized carbons (Fsp3) is 0.276. The Kier molecular flexibility index (Phi) is 8.33. The molecule has 0 unspecified atom stereocenters. The summed E-state index contributed by atoms with van der Waals surface area (Å²) in [5.74, 6) is -0.0194. The van der Waals surface area contributed by atoms with Crippen LogP contribution in [0.1, 0.15) is 46.7 Å². The molecule has 0 atom stereocenters. The highest BCUT2D eigenvalue weighted by Gasteiger charge is 2.26. The van der Waals surface area contributed by atoms with Crippen LogP contribution < -0.4 is 20.1 Å². The third-order valence-corrected chi connectivity index (χ3v) is 6.40. The minimum atomic E-state index is -0.523. The quantitative estimate of drug-likeness (QED) is 0.338. The molecular formula is C29H31FN4O5. The van der Waals surface area contributed by atoms with Gasteiger partial charge in [0.15, 0.2) is 0 Å². The lowest BCUT2D eigenvalue weighted by Crippen LogP contribution is -2.40. The van der Waals surface area contributed by atoms with Crippen LogP contribution in [0.2, 0.25) is 0 Å². The maximum Gasteiger partial charge on any atom is 0.415 e. The molecule has 0 bridgehead atoms. The van der Waals surface area contributed by atoms with E-state index in [1.54, 1.807) is 44.2 Å². The Labute approximate surface area is 226 Å². The van der Waals surface area contributed by atoms with Gasteiger partial charge in [0.2, 0.25) is 0 Å². The van der Waals surface area contributed by atoms with Crippen molar-refractivity contribution in [3.8, 4) is 11.5 Å². The van der Waals surface area contributed by atoms with Crippen LogP contribution in [-0.2, 0) is 4.79 Å². The number of fused-ring (bicyclic) bond motifs is 1. The number of nitrogens with one attached hydrogen (secondary N) is 3. The van der Waals surface area contributed by atoms with Crippen LogP contribution in [0.25, 0.3) is 11.6 Å². The molecule has 0 saturated carbocycles. The number of ether oxygens (including phenoxy) is 2. The van der Waals surface area contributed by atoms with E-state index in [9.17, 15) is 18.8 Å². The molecule has 4 rings (SSSR count). The van der Waals surface area contributed by atoms with E-state index >= 15 is 0 Å². The zero-order valence-corrected chi connectivity index (χ0v) is 22.3. The van der Waals surface area contributed by atoms with Crippen LogP contribution in [0.5, 0.6) is 11.5 Å². The average molecular weight is 535 g/mol. The summed E-state index contributed by atoms with van der Waals surface area (Å²) in [5, 5.41) is 5.57. The number of benzene rings is 2. The number of hydrogen-bond acceptors (Lipinski definition) is 5. The standard InChI is InChI=1S/C29H31FN4O5/c1-5-34(29(37)39-21-10-8-20(9-11-21)38-6-2)14-13-31-28(36)26-17(3)25(32-18(26)4)16-23-22-15-19(30)7-12-24(22)33-27(23)35/h7-12,15-16,32H,5-6,13-14H2,1-4H3,(H,31,36)(H,33,35)/b23-16-. The fourth-order valence-electron chi connectivity index (χ4n) is 4.41. The van der Waals surface area contributed by atoms with E-state index in [2.05, 4.69) is 15.6 Å². The summed E-state index contributed by atoms with van der Waals surface area (Å²) in [5.41, 5.74) is 3.61. The van der Waals surface area contributed by atoms with Gasteiger partial charge in [0.05, 0.1) is 17.7 Å². The van der Waals surface area contributed by atoms with Gasteiger partial charge in [-0.1, -0.05) is 0 Å². The number of H-pyrrole nitrogens is 1. The number of rotatable bonds is 9. The minimum absolute atomic E-state index is 0.209. The number of aromatic nitrogens is 1. The van der Waals surface area contributed by atoms with Crippen molar-refractivity contribution >= 4 is 35.2 Å². The van der Waals surface area contributed by atoms with Gasteiger partial charge < -0.3 is 30.0 Å². The number of aryl methyl sites for hydroxylation is 1. The van der Waals surface area contributed by atoms with Gasteiger partial charge in [0, 0.05) is 42.3 Å². The Hall–Kier alpha value is -4.60. The van der Waals surface area contributed by atoms with Crippen molar-refractivity contribution in [3.05, 3.63) is 76.4 Å². The summed E-state index contributed by atoms with van der Waals surface area (Å²) in [4.78, 5) is 42.8. The van der Waals surface area contributed by atoms with Crippen molar-refractivity contribution in [2.45, 2.75) is 27.7 Å². The third kappa shape index (κ3) is 6.11. The number of carbonyl (C=O) groups is 3. The molecule has 2 aromatic carbocycles. The van der Waals surface area contributed by atoms with Gasteiger partial charge in [0.25, 0.3) is 11.8 Å². The molecule has 3 amide bonds. The predicted molar refractivity (Wildman–Crippen MR) is 146 cm³/mol. The van der Waals surface area contributed by atoms with Gasteiger partial charge in [-0.15, -0.1) is 0 Å². The van der Waals surface area contributed by atoms with Crippen molar-refractivity contribution in [1.82, 2.24) is 15.2 Å². The van der Waals surface area contributed by atoms with Crippen LogP contribution in [-0.4, -0.2) is 54.0 Å². The van der Waals surface area contributed by atoms with E-state index in [0.717, 1.165) is 0 Å². The van der Waals surface area contributed by atoms with Gasteiger partial charge in [-0.2, -0.15) is 0 Å². The second kappa shape index (κ2) is 11.8. The molecule has 9 nitrogen and oxygen atoms in total. The summed E-state index contributed by atoms with van der Waals surface area (Å²) in [6.45, 7) is 8.65. The molecule has 0 aliphatic carbocycles. The molecule has 0 fully saturated rings. The SMILES string of the molecule is CCOc1ccc(OC(=O)N(CC)CCNC(=O)c2c(C)[nH]c(/C=C3\C(=O)Nc4ccc(F)cc43)c2C)cc1. The molecule has 3 aromatic rings. The lowest BCUT2D eigenvalue weighted by Gasteiger charge is -2.20. The lowest BCUT2D eigenvalue weighted by molar-refractivity contribution is -0.110. The normalized spacial score (nSPS) is 13.2. The summed E-state index contributed by atoms with van der Waals surface area (Å²) >= 11 is 0. The zero-order valence-electron chi connectivity index (χ0n) is 22.3. The van der Waals surface area contributed by atoms with Crippen LogP contribution in [0.3, 0.4) is 0 Å². The number of nitrogens with zero attached hydrogens (tertiary/aromatic N) is 1. The highest BCUT2D eigenvalue weighted by molar-refractivity contribution is 6.34. The summed E-state index contributed by atoms with van der Waals surface area (Å²) in [7, 11) is 0. The molecule has 39 heavy (non-hydrogen) atoms. The number of likely N-dealkylation sites (N-methyl/N-ethyl adjacent to an activating group) is 1. The largest absolute Gasteiger partial charge is 0.494 e. The number of amides is 3. The average Bonchev–Trinajstić information content (AvgIpc) is 3.37. The van der Waals surface area contributed by atoms with E-state index in [4.69, 9.17) is 9.47 Å². The molecule has 2 heterocycles.